The van der Waals surface area contributed by atoms with Gasteiger partial charge in [-0.3, -0.25) is 33.6 Å². The highest BCUT2D eigenvalue weighted by atomic mass is 16.4. The lowest BCUT2D eigenvalue weighted by atomic mass is 10.1. The topological polar surface area (TPSA) is 263 Å². The average Bonchev–Trinajstić information content (AvgIpc) is 2.69. The number of carbonyl (C=O) groups excluding carboxylic acids is 3. The minimum absolute atomic E-state index is 0.257. The number of carbonyl (C=O) groups is 7. The van der Waals surface area contributed by atoms with Gasteiger partial charge in [0, 0.05) is 19.3 Å². The van der Waals surface area contributed by atoms with Gasteiger partial charge in [0.25, 0.3) is 0 Å². The second-order valence-corrected chi connectivity index (χ2v) is 6.64. The molecule has 32 heavy (non-hydrogen) atoms. The van der Waals surface area contributed by atoms with Crippen molar-refractivity contribution < 1.29 is 54.0 Å². The van der Waals surface area contributed by atoms with Gasteiger partial charge < -0.3 is 42.1 Å². The first-order valence-corrected chi connectivity index (χ1v) is 9.34. The van der Waals surface area contributed by atoms with E-state index in [1.807, 2.05) is 5.32 Å². The molecule has 0 aliphatic carbocycles. The van der Waals surface area contributed by atoms with E-state index in [-0.39, 0.29) is 6.42 Å². The van der Waals surface area contributed by atoms with E-state index in [0.29, 0.717) is 0 Å². The Labute approximate surface area is 181 Å². The van der Waals surface area contributed by atoms with Crippen molar-refractivity contribution in [1.82, 2.24) is 16.0 Å². The zero-order chi connectivity index (χ0) is 24.8. The Morgan fingerprint density at radius 3 is 1.44 bits per heavy atom. The van der Waals surface area contributed by atoms with Gasteiger partial charge in [-0.05, 0) is 19.3 Å². The quantitative estimate of drug-likeness (QED) is 0.115. The van der Waals surface area contributed by atoms with E-state index in [1.165, 1.54) is 0 Å². The minimum atomic E-state index is -1.49. The van der Waals surface area contributed by atoms with Crippen LogP contribution in [-0.2, 0) is 33.6 Å². The van der Waals surface area contributed by atoms with Crippen molar-refractivity contribution in [1.29, 1.82) is 0 Å². The van der Waals surface area contributed by atoms with Crippen LogP contribution in [-0.4, -0.2) is 86.7 Å². The van der Waals surface area contributed by atoms with Crippen molar-refractivity contribution in [3.05, 3.63) is 0 Å². The van der Waals surface area contributed by atoms with Gasteiger partial charge >= 0.3 is 23.9 Å². The summed E-state index contributed by atoms with van der Waals surface area (Å²) in [4.78, 5) is 79.7. The maximum Gasteiger partial charge on any atom is 0.322 e. The van der Waals surface area contributed by atoms with E-state index in [1.54, 1.807) is 0 Å². The van der Waals surface area contributed by atoms with E-state index >= 15 is 0 Å². The number of carboxylic acids is 4. The fraction of sp³-hybridized carbons (Fsp3) is 0.588. The van der Waals surface area contributed by atoms with E-state index in [9.17, 15) is 33.6 Å². The van der Waals surface area contributed by atoms with Gasteiger partial charge in [0.05, 0.1) is 6.04 Å². The van der Waals surface area contributed by atoms with Crippen molar-refractivity contribution >= 4 is 41.6 Å². The molecule has 0 aromatic heterocycles. The first kappa shape index (κ1) is 28.2. The van der Waals surface area contributed by atoms with Crippen LogP contribution in [0.5, 0.6) is 0 Å². The molecule has 0 aliphatic rings. The molecule has 3 unspecified atom stereocenters. The van der Waals surface area contributed by atoms with Gasteiger partial charge in [-0.25, -0.2) is 0 Å². The highest BCUT2D eigenvalue weighted by molar-refractivity contribution is 5.94. The molecule has 0 radical (unpaired) electrons. The molecule has 3 atom stereocenters. The molecule has 0 heterocycles. The van der Waals surface area contributed by atoms with Crippen LogP contribution in [0.4, 0.5) is 0 Å². The van der Waals surface area contributed by atoms with Gasteiger partial charge in [-0.2, -0.15) is 0 Å². The number of hydrogen-bond donors (Lipinski definition) is 8. The molecule has 0 aliphatic heterocycles. The van der Waals surface area contributed by atoms with Crippen molar-refractivity contribution in [2.24, 2.45) is 5.73 Å². The van der Waals surface area contributed by atoms with Crippen LogP contribution in [0.2, 0.25) is 0 Å². The van der Waals surface area contributed by atoms with E-state index in [0.717, 1.165) is 0 Å². The first-order valence-electron chi connectivity index (χ1n) is 9.34. The minimum Gasteiger partial charge on any atom is -0.481 e. The Morgan fingerprint density at radius 2 is 1.00 bits per heavy atom. The standard InChI is InChI=1S/C17H26N4O11/c18-8(1-4-11(22)23)15(30)20-10(3-6-13(26)27)17(32)21-9(2-5-12(24)25)16(31)19-7-14(28)29/h8-10H,1-7,18H2,(H,19,31)(H,20,30)(H,21,32)(H,22,23)(H,24,25)(H,26,27)(H,28,29). The zero-order valence-corrected chi connectivity index (χ0v) is 16.9. The molecule has 0 saturated heterocycles. The maximum atomic E-state index is 12.6. The molecule has 0 bridgehead atoms. The monoisotopic (exact) mass is 462 g/mol. The summed E-state index contributed by atoms with van der Waals surface area (Å²) < 4.78 is 0. The van der Waals surface area contributed by atoms with E-state index < -0.39 is 98.4 Å². The fourth-order valence-electron chi connectivity index (χ4n) is 2.32. The van der Waals surface area contributed by atoms with Crippen molar-refractivity contribution in [2.75, 3.05) is 6.54 Å². The number of rotatable bonds is 16. The second-order valence-electron chi connectivity index (χ2n) is 6.64. The van der Waals surface area contributed by atoms with Crippen LogP contribution >= 0.6 is 0 Å². The number of carboxylic acid groups (broad SMARTS) is 4. The molecule has 0 aromatic rings. The lowest BCUT2D eigenvalue weighted by molar-refractivity contribution is -0.140. The van der Waals surface area contributed by atoms with E-state index in [4.69, 9.17) is 26.2 Å². The van der Waals surface area contributed by atoms with Gasteiger partial charge in [0.15, 0.2) is 0 Å². The number of nitrogens with one attached hydrogen (secondary N) is 3. The normalized spacial score (nSPS) is 13.2. The summed E-state index contributed by atoms with van der Waals surface area (Å²) in [7, 11) is 0. The molecule has 0 rings (SSSR count). The largest absolute Gasteiger partial charge is 0.481 e. The summed E-state index contributed by atoms with van der Waals surface area (Å²) in [6.45, 7) is -0.796. The van der Waals surface area contributed by atoms with Crippen LogP contribution < -0.4 is 21.7 Å². The van der Waals surface area contributed by atoms with Crippen LogP contribution in [0.15, 0.2) is 0 Å². The molecule has 9 N–H and O–H groups in total. The van der Waals surface area contributed by atoms with Crippen LogP contribution in [0.25, 0.3) is 0 Å². The van der Waals surface area contributed by atoms with Gasteiger partial charge in [-0.15, -0.1) is 0 Å². The molecule has 15 nitrogen and oxygen atoms in total. The third-order valence-corrected chi connectivity index (χ3v) is 3.98. The van der Waals surface area contributed by atoms with Gasteiger partial charge in [0.1, 0.15) is 18.6 Å². The first-order chi connectivity index (χ1) is 14.8. The Morgan fingerprint density at radius 1 is 0.594 bits per heavy atom. The molecule has 15 heteroatoms. The average molecular weight is 462 g/mol. The third kappa shape index (κ3) is 12.7. The maximum absolute atomic E-state index is 12.6. The van der Waals surface area contributed by atoms with Crippen molar-refractivity contribution in [2.45, 2.75) is 56.7 Å². The smallest absolute Gasteiger partial charge is 0.322 e. The number of amides is 3. The Bertz CT molecular complexity index is 740. The van der Waals surface area contributed by atoms with Crippen LogP contribution in [0.1, 0.15) is 38.5 Å². The number of hydrogen-bond acceptors (Lipinski definition) is 8. The summed E-state index contributed by atoms with van der Waals surface area (Å²) in [5.74, 6) is -8.15. The molecule has 0 spiro atoms. The fourth-order valence-corrected chi connectivity index (χ4v) is 2.32. The Balaban J connectivity index is 5.34. The predicted octanol–water partition coefficient (Wildman–Crippen LogP) is -2.92. The SMILES string of the molecule is NC(CCC(=O)O)C(=O)NC(CCC(=O)O)C(=O)NC(CCC(=O)O)C(=O)NCC(=O)O. The predicted molar refractivity (Wildman–Crippen MR) is 103 cm³/mol. The third-order valence-electron chi connectivity index (χ3n) is 3.98. The summed E-state index contributed by atoms with van der Waals surface area (Å²) >= 11 is 0. The molecule has 0 saturated carbocycles. The van der Waals surface area contributed by atoms with Crippen LogP contribution in [0, 0.1) is 0 Å². The summed E-state index contributed by atoms with van der Waals surface area (Å²) in [5.41, 5.74) is 5.56. The van der Waals surface area contributed by atoms with Gasteiger partial charge in [0.2, 0.25) is 17.7 Å². The Kier molecular flexibility index (Phi) is 12.6. The summed E-state index contributed by atoms with van der Waals surface area (Å²) in [5, 5.41) is 41.3. The molecular formula is C17H26N4O11. The molecular weight excluding hydrogens is 436 g/mol. The van der Waals surface area contributed by atoms with Gasteiger partial charge in [-0.1, -0.05) is 0 Å². The molecule has 180 valence electrons. The van der Waals surface area contributed by atoms with E-state index in [2.05, 4.69) is 10.6 Å². The molecule has 3 amide bonds. The summed E-state index contributed by atoms with van der Waals surface area (Å²) in [6.07, 6.45) is -2.63. The second kappa shape index (κ2) is 14.3. The van der Waals surface area contributed by atoms with Crippen LogP contribution in [0.3, 0.4) is 0 Å². The number of nitrogens with two attached hydrogens (primary N) is 1. The zero-order valence-electron chi connectivity index (χ0n) is 16.9. The molecule has 0 aromatic carbocycles. The Hall–Kier alpha value is -3.75. The van der Waals surface area contributed by atoms with Crippen molar-refractivity contribution in [3.8, 4) is 0 Å². The van der Waals surface area contributed by atoms with Crippen molar-refractivity contribution in [3.63, 3.8) is 0 Å². The lowest BCUT2D eigenvalue weighted by Gasteiger charge is -2.23. The number of aliphatic carboxylic acids is 4. The highest BCUT2D eigenvalue weighted by Crippen LogP contribution is 2.04. The lowest BCUT2D eigenvalue weighted by Crippen LogP contribution is -2.56. The highest BCUT2D eigenvalue weighted by Gasteiger charge is 2.29. The molecule has 0 fully saturated rings. The summed E-state index contributed by atoms with van der Waals surface area (Å²) in [6, 6.07) is -4.29.